The number of para-hydroxylation sites is 1. The molecule has 0 aliphatic rings. The highest BCUT2D eigenvalue weighted by atomic mass is 32.2. The Morgan fingerprint density at radius 3 is 2.47 bits per heavy atom. The number of nitrogens with two attached hydrogens (primary N) is 2. The lowest BCUT2D eigenvalue weighted by molar-refractivity contribution is -0.387. The quantitative estimate of drug-likeness (QED) is 0.565. The van der Waals surface area contributed by atoms with Crippen molar-refractivity contribution in [2.45, 2.75) is 16.7 Å². The number of nitro groups is 1. The molecular formula is C9H13N3O4S. The van der Waals surface area contributed by atoms with Crippen LogP contribution in [0.5, 0.6) is 0 Å². The SMILES string of the molecule is NCCC(N)S(=O)(=O)c1ccccc1[N+](=O)[O-]. The van der Waals surface area contributed by atoms with E-state index >= 15 is 0 Å². The number of hydrogen-bond donors (Lipinski definition) is 2. The molecule has 17 heavy (non-hydrogen) atoms. The molecule has 0 saturated heterocycles. The minimum atomic E-state index is -3.92. The Morgan fingerprint density at radius 1 is 1.35 bits per heavy atom. The van der Waals surface area contributed by atoms with E-state index in [0.29, 0.717) is 0 Å². The predicted molar refractivity (Wildman–Crippen MR) is 61.9 cm³/mol. The minimum absolute atomic E-state index is 0.0500. The zero-order valence-electron chi connectivity index (χ0n) is 8.94. The van der Waals surface area contributed by atoms with Crippen LogP contribution in [-0.4, -0.2) is 25.3 Å². The van der Waals surface area contributed by atoms with Crippen LogP contribution in [0.4, 0.5) is 5.69 Å². The van der Waals surface area contributed by atoms with E-state index in [1.54, 1.807) is 0 Å². The molecule has 0 aromatic heterocycles. The molecule has 7 nitrogen and oxygen atoms in total. The van der Waals surface area contributed by atoms with Gasteiger partial charge in [0.25, 0.3) is 5.69 Å². The van der Waals surface area contributed by atoms with Crippen LogP contribution < -0.4 is 11.5 Å². The predicted octanol–water partition coefficient (Wildman–Crippen LogP) is 0.00210. The van der Waals surface area contributed by atoms with Gasteiger partial charge in [0.15, 0.2) is 0 Å². The number of nitrogens with zero attached hydrogens (tertiary/aromatic N) is 1. The second kappa shape index (κ2) is 5.21. The van der Waals surface area contributed by atoms with E-state index < -0.39 is 25.8 Å². The molecule has 0 spiro atoms. The fraction of sp³-hybridized carbons (Fsp3) is 0.333. The molecule has 8 heteroatoms. The van der Waals surface area contributed by atoms with Crippen LogP contribution >= 0.6 is 0 Å². The molecule has 0 amide bonds. The van der Waals surface area contributed by atoms with Crippen LogP contribution in [0.1, 0.15) is 6.42 Å². The van der Waals surface area contributed by atoms with Crippen LogP contribution in [0.3, 0.4) is 0 Å². The van der Waals surface area contributed by atoms with E-state index in [-0.39, 0.29) is 17.9 Å². The maximum absolute atomic E-state index is 12.0. The van der Waals surface area contributed by atoms with Gasteiger partial charge in [-0.3, -0.25) is 10.1 Å². The zero-order chi connectivity index (χ0) is 13.1. The summed E-state index contributed by atoms with van der Waals surface area (Å²) in [7, 11) is -3.92. The molecule has 0 bridgehead atoms. The van der Waals surface area contributed by atoms with Crippen molar-refractivity contribution in [3.63, 3.8) is 0 Å². The number of hydrogen-bond acceptors (Lipinski definition) is 6. The van der Waals surface area contributed by atoms with E-state index in [1.165, 1.54) is 18.2 Å². The topological polar surface area (TPSA) is 129 Å². The highest BCUT2D eigenvalue weighted by Crippen LogP contribution is 2.25. The normalized spacial score (nSPS) is 13.3. The summed E-state index contributed by atoms with van der Waals surface area (Å²) in [5.74, 6) is 0. The van der Waals surface area contributed by atoms with Crippen molar-refractivity contribution < 1.29 is 13.3 Å². The van der Waals surface area contributed by atoms with E-state index in [0.717, 1.165) is 6.07 Å². The first-order valence-corrected chi connectivity index (χ1v) is 6.39. The second-order valence-electron chi connectivity index (χ2n) is 3.39. The first-order chi connectivity index (χ1) is 7.91. The fourth-order valence-electron chi connectivity index (χ4n) is 1.33. The number of nitro benzene ring substituents is 1. The highest BCUT2D eigenvalue weighted by molar-refractivity contribution is 7.92. The van der Waals surface area contributed by atoms with Crippen molar-refractivity contribution >= 4 is 15.5 Å². The summed E-state index contributed by atoms with van der Waals surface area (Å²) in [4.78, 5) is 9.61. The van der Waals surface area contributed by atoms with Crippen LogP contribution in [-0.2, 0) is 9.84 Å². The van der Waals surface area contributed by atoms with Gasteiger partial charge in [0.2, 0.25) is 9.84 Å². The summed E-state index contributed by atoms with van der Waals surface area (Å²) < 4.78 is 23.9. The summed E-state index contributed by atoms with van der Waals surface area (Å²) in [5, 5.41) is 9.50. The van der Waals surface area contributed by atoms with Crippen molar-refractivity contribution in [1.82, 2.24) is 0 Å². The molecule has 1 rings (SSSR count). The zero-order valence-corrected chi connectivity index (χ0v) is 9.76. The highest BCUT2D eigenvalue weighted by Gasteiger charge is 2.30. The lowest BCUT2D eigenvalue weighted by atomic mass is 10.3. The van der Waals surface area contributed by atoms with Gasteiger partial charge in [-0.25, -0.2) is 8.42 Å². The molecule has 0 radical (unpaired) electrons. The van der Waals surface area contributed by atoms with Gasteiger partial charge in [-0.2, -0.15) is 0 Å². The number of benzene rings is 1. The lowest BCUT2D eigenvalue weighted by Gasteiger charge is -2.11. The first kappa shape index (κ1) is 13.6. The molecule has 1 aromatic carbocycles. The Morgan fingerprint density at radius 2 is 1.94 bits per heavy atom. The number of rotatable bonds is 5. The fourth-order valence-corrected chi connectivity index (χ4v) is 2.81. The largest absolute Gasteiger partial charge is 0.330 e. The van der Waals surface area contributed by atoms with E-state index in [4.69, 9.17) is 11.5 Å². The third kappa shape index (κ3) is 2.78. The van der Waals surface area contributed by atoms with Gasteiger partial charge in [0.1, 0.15) is 10.3 Å². The maximum atomic E-state index is 12.0. The second-order valence-corrected chi connectivity index (χ2v) is 5.52. The molecule has 94 valence electrons. The molecule has 0 aliphatic heterocycles. The minimum Gasteiger partial charge on any atom is -0.330 e. The number of sulfone groups is 1. The smallest absolute Gasteiger partial charge is 0.288 e. The molecule has 1 unspecified atom stereocenters. The third-order valence-corrected chi connectivity index (χ3v) is 4.21. The Labute approximate surface area is 98.5 Å². The molecule has 4 N–H and O–H groups in total. The summed E-state index contributed by atoms with van der Waals surface area (Å²) >= 11 is 0. The first-order valence-electron chi connectivity index (χ1n) is 4.84. The van der Waals surface area contributed by atoms with Gasteiger partial charge in [0.05, 0.1) is 4.92 Å². The van der Waals surface area contributed by atoms with Crippen LogP contribution in [0.15, 0.2) is 29.2 Å². The van der Waals surface area contributed by atoms with Crippen molar-refractivity contribution in [2.75, 3.05) is 6.54 Å². The molecule has 0 fully saturated rings. The lowest BCUT2D eigenvalue weighted by Crippen LogP contribution is -2.33. The van der Waals surface area contributed by atoms with Crippen LogP contribution in [0.2, 0.25) is 0 Å². The molecule has 0 aliphatic carbocycles. The van der Waals surface area contributed by atoms with Crippen molar-refractivity contribution in [2.24, 2.45) is 11.5 Å². The summed E-state index contributed by atoms with van der Waals surface area (Å²) in [6, 6.07) is 5.10. The Bertz CT molecular complexity index is 515. The van der Waals surface area contributed by atoms with Gasteiger partial charge in [-0.1, -0.05) is 12.1 Å². The van der Waals surface area contributed by atoms with Gasteiger partial charge in [-0.05, 0) is 19.0 Å². The third-order valence-electron chi connectivity index (χ3n) is 2.22. The Kier molecular flexibility index (Phi) is 4.16. The van der Waals surface area contributed by atoms with E-state index in [1.807, 2.05) is 0 Å². The summed E-state index contributed by atoms with van der Waals surface area (Å²) in [6.45, 7) is 0.0982. The molecule has 1 aromatic rings. The standard InChI is InChI=1S/C9H13N3O4S/c10-6-5-9(11)17(15,16)8-4-2-1-3-7(8)12(13)14/h1-4,9H,5-6,10-11H2. The maximum Gasteiger partial charge on any atom is 0.288 e. The average Bonchev–Trinajstić information content (AvgIpc) is 2.29. The summed E-state index contributed by atoms with van der Waals surface area (Å²) in [5.41, 5.74) is 10.2. The Balaban J connectivity index is 3.29. The molecule has 0 saturated carbocycles. The van der Waals surface area contributed by atoms with Crippen molar-refractivity contribution in [3.05, 3.63) is 34.4 Å². The van der Waals surface area contributed by atoms with Gasteiger partial charge >= 0.3 is 0 Å². The molecule has 1 atom stereocenters. The summed E-state index contributed by atoms with van der Waals surface area (Å²) in [6.07, 6.45) is 0.0500. The average molecular weight is 259 g/mol. The molecule has 0 heterocycles. The van der Waals surface area contributed by atoms with Gasteiger partial charge < -0.3 is 11.5 Å². The monoisotopic (exact) mass is 259 g/mol. The Hall–Kier alpha value is -1.51. The van der Waals surface area contributed by atoms with Crippen LogP contribution in [0, 0.1) is 10.1 Å². The van der Waals surface area contributed by atoms with Gasteiger partial charge in [0, 0.05) is 6.07 Å². The van der Waals surface area contributed by atoms with Crippen molar-refractivity contribution in [1.29, 1.82) is 0 Å². The van der Waals surface area contributed by atoms with Gasteiger partial charge in [-0.15, -0.1) is 0 Å². The van der Waals surface area contributed by atoms with Crippen LogP contribution in [0.25, 0.3) is 0 Å². The van der Waals surface area contributed by atoms with Crippen molar-refractivity contribution in [3.8, 4) is 0 Å². The molecular weight excluding hydrogens is 246 g/mol. The van der Waals surface area contributed by atoms with E-state index in [2.05, 4.69) is 0 Å². The van der Waals surface area contributed by atoms with E-state index in [9.17, 15) is 18.5 Å².